The highest BCUT2D eigenvalue weighted by molar-refractivity contribution is 7.13. The number of rotatable bonds is 5. The average Bonchev–Trinajstić information content (AvgIpc) is 3.47. The monoisotopic (exact) mass is 448 g/mol. The van der Waals surface area contributed by atoms with Crippen LogP contribution in [0.5, 0.6) is 0 Å². The van der Waals surface area contributed by atoms with E-state index in [-0.39, 0.29) is 0 Å². The largest absolute Gasteiger partial charge is 0.255 e. The van der Waals surface area contributed by atoms with Crippen LogP contribution in [0.3, 0.4) is 0 Å². The number of aromatic nitrogens is 2. The van der Waals surface area contributed by atoms with Gasteiger partial charge in [-0.25, -0.2) is 0 Å². The fourth-order valence-electron chi connectivity index (χ4n) is 3.00. The second kappa shape index (κ2) is 10.6. The van der Waals surface area contributed by atoms with Crippen molar-refractivity contribution < 1.29 is 0 Å². The summed E-state index contributed by atoms with van der Waals surface area (Å²) in [6.45, 7) is 3.71. The molecule has 0 radical (unpaired) electrons. The molecule has 0 spiro atoms. The fourth-order valence-corrected chi connectivity index (χ4v) is 4.63. The average molecular weight is 449 g/mol. The lowest BCUT2D eigenvalue weighted by Gasteiger charge is -2.02. The summed E-state index contributed by atoms with van der Waals surface area (Å²) in [6.07, 6.45) is 12.0. The van der Waals surface area contributed by atoms with Gasteiger partial charge in [-0.05, 0) is 85.7 Å². The maximum Gasteiger partial charge on any atom is 0.0892 e. The zero-order valence-electron chi connectivity index (χ0n) is 17.8. The van der Waals surface area contributed by atoms with Crippen LogP contribution < -0.4 is 0 Å². The highest BCUT2D eigenvalue weighted by Gasteiger charge is 2.03. The van der Waals surface area contributed by atoms with Crippen LogP contribution >= 0.6 is 22.7 Å². The molecule has 0 bridgehead atoms. The van der Waals surface area contributed by atoms with E-state index in [9.17, 15) is 0 Å². The molecule has 0 fully saturated rings. The standard InChI is InChI=1S/C28H20N2S2/c1-3-5-23-11-13-25(31-23)9-7-21-15-17-29-27(19-21)28-20-22(16-18-30-28)8-10-26-14-12-24(32-26)6-4-2/h7-20H,1-2H3/b9-7+,10-8+. The number of pyridine rings is 2. The van der Waals surface area contributed by atoms with Crippen molar-refractivity contribution in [3.63, 3.8) is 0 Å². The van der Waals surface area contributed by atoms with Crippen LogP contribution in [0, 0.1) is 23.7 Å². The van der Waals surface area contributed by atoms with E-state index in [1.165, 1.54) is 9.75 Å². The zero-order chi connectivity index (χ0) is 22.2. The Labute approximate surface area is 197 Å². The Balaban J connectivity index is 1.52. The summed E-state index contributed by atoms with van der Waals surface area (Å²) in [6, 6.07) is 16.4. The Bertz CT molecular complexity index is 1300. The molecular weight excluding hydrogens is 428 g/mol. The Morgan fingerprint density at radius 1 is 0.625 bits per heavy atom. The first-order chi connectivity index (χ1) is 15.7. The van der Waals surface area contributed by atoms with Gasteiger partial charge in [-0.3, -0.25) is 9.97 Å². The molecule has 154 valence electrons. The Morgan fingerprint density at radius 3 is 1.53 bits per heavy atom. The summed E-state index contributed by atoms with van der Waals surface area (Å²) >= 11 is 3.37. The fraction of sp³-hybridized carbons (Fsp3) is 0.0714. The number of thiophene rings is 2. The molecule has 2 nitrogen and oxygen atoms in total. The summed E-state index contributed by atoms with van der Waals surface area (Å²) in [5.41, 5.74) is 3.86. The van der Waals surface area contributed by atoms with Crippen molar-refractivity contribution in [3.8, 4) is 35.1 Å². The second-order valence-corrected chi connectivity index (χ2v) is 9.00. The highest BCUT2D eigenvalue weighted by atomic mass is 32.1. The lowest BCUT2D eigenvalue weighted by Crippen LogP contribution is -1.88. The summed E-state index contributed by atoms with van der Waals surface area (Å²) < 4.78 is 0. The quantitative estimate of drug-likeness (QED) is 0.298. The predicted molar refractivity (Wildman–Crippen MR) is 139 cm³/mol. The van der Waals surface area contributed by atoms with Gasteiger partial charge in [0.25, 0.3) is 0 Å². The van der Waals surface area contributed by atoms with Crippen LogP contribution in [0.15, 0.2) is 60.9 Å². The Hall–Kier alpha value is -3.70. The lowest BCUT2D eigenvalue weighted by molar-refractivity contribution is 1.24. The minimum absolute atomic E-state index is 0.850. The van der Waals surface area contributed by atoms with E-state index in [0.717, 1.165) is 32.3 Å². The van der Waals surface area contributed by atoms with Gasteiger partial charge in [0.1, 0.15) is 0 Å². The molecule has 0 saturated carbocycles. The Kier molecular flexibility index (Phi) is 7.10. The van der Waals surface area contributed by atoms with Gasteiger partial charge in [-0.15, -0.1) is 34.5 Å². The van der Waals surface area contributed by atoms with Gasteiger partial charge in [0.15, 0.2) is 0 Å². The molecule has 0 aliphatic carbocycles. The van der Waals surface area contributed by atoms with E-state index < -0.39 is 0 Å². The van der Waals surface area contributed by atoms with E-state index in [1.807, 2.05) is 38.4 Å². The molecule has 0 N–H and O–H groups in total. The van der Waals surface area contributed by atoms with E-state index >= 15 is 0 Å². The molecule has 0 aliphatic rings. The van der Waals surface area contributed by atoms with Crippen LogP contribution in [-0.2, 0) is 0 Å². The van der Waals surface area contributed by atoms with Crippen LogP contribution in [0.2, 0.25) is 0 Å². The van der Waals surface area contributed by atoms with Crippen LogP contribution in [-0.4, -0.2) is 9.97 Å². The third kappa shape index (κ3) is 5.71. The van der Waals surface area contributed by atoms with Crippen molar-refractivity contribution in [1.82, 2.24) is 9.97 Å². The van der Waals surface area contributed by atoms with Crippen LogP contribution in [0.25, 0.3) is 35.7 Å². The van der Waals surface area contributed by atoms with E-state index in [2.05, 4.69) is 94.4 Å². The maximum atomic E-state index is 4.53. The van der Waals surface area contributed by atoms with Crippen molar-refractivity contribution in [2.24, 2.45) is 0 Å². The normalized spacial score (nSPS) is 10.7. The third-order valence-electron chi connectivity index (χ3n) is 4.46. The topological polar surface area (TPSA) is 25.8 Å². The maximum absolute atomic E-state index is 4.53. The van der Waals surface area contributed by atoms with Gasteiger partial charge in [-0.1, -0.05) is 24.0 Å². The third-order valence-corrected chi connectivity index (χ3v) is 6.39. The number of nitrogens with zero attached hydrogens (tertiary/aromatic N) is 2. The minimum atomic E-state index is 0.850. The van der Waals surface area contributed by atoms with Crippen molar-refractivity contribution in [2.45, 2.75) is 13.8 Å². The lowest BCUT2D eigenvalue weighted by atomic mass is 10.1. The molecular formula is C28H20N2S2. The molecule has 0 saturated heterocycles. The summed E-state index contributed by atoms with van der Waals surface area (Å²) in [4.78, 5) is 13.6. The molecule has 4 rings (SSSR count). The van der Waals surface area contributed by atoms with Gasteiger partial charge in [0.05, 0.1) is 21.1 Å². The SMILES string of the molecule is CC#Cc1ccc(/C=C/c2ccnc(-c3cc(/C=C/c4ccc(C#CC)s4)ccn3)c2)s1. The van der Waals surface area contributed by atoms with Crippen molar-refractivity contribution in [2.75, 3.05) is 0 Å². The summed E-state index contributed by atoms with van der Waals surface area (Å²) in [5, 5.41) is 0. The zero-order valence-corrected chi connectivity index (χ0v) is 19.4. The van der Waals surface area contributed by atoms with Gasteiger partial charge < -0.3 is 0 Å². The van der Waals surface area contributed by atoms with Crippen molar-refractivity contribution in [1.29, 1.82) is 0 Å². The van der Waals surface area contributed by atoms with Gasteiger partial charge in [0, 0.05) is 22.1 Å². The van der Waals surface area contributed by atoms with E-state index in [4.69, 9.17) is 0 Å². The molecule has 4 aromatic rings. The van der Waals surface area contributed by atoms with Gasteiger partial charge >= 0.3 is 0 Å². The smallest absolute Gasteiger partial charge is 0.0892 e. The highest BCUT2D eigenvalue weighted by Crippen LogP contribution is 2.22. The summed E-state index contributed by atoms with van der Waals surface area (Å²) in [5.74, 6) is 12.1. The molecule has 32 heavy (non-hydrogen) atoms. The van der Waals surface area contributed by atoms with Gasteiger partial charge in [0.2, 0.25) is 0 Å². The first kappa shape index (κ1) is 21.5. The van der Waals surface area contributed by atoms with Crippen molar-refractivity contribution in [3.05, 3.63) is 91.6 Å². The molecule has 0 aromatic carbocycles. The molecule has 0 aliphatic heterocycles. The first-order valence-electron chi connectivity index (χ1n) is 10.1. The molecule has 0 amide bonds. The second-order valence-electron chi connectivity index (χ2n) is 6.77. The molecule has 0 unspecified atom stereocenters. The van der Waals surface area contributed by atoms with Gasteiger partial charge in [-0.2, -0.15) is 0 Å². The van der Waals surface area contributed by atoms with Crippen LogP contribution in [0.4, 0.5) is 0 Å². The van der Waals surface area contributed by atoms with Crippen LogP contribution in [0.1, 0.15) is 44.5 Å². The van der Waals surface area contributed by atoms with Crippen molar-refractivity contribution >= 4 is 47.0 Å². The van der Waals surface area contributed by atoms with E-state index in [0.29, 0.717) is 0 Å². The molecule has 4 aromatic heterocycles. The number of hydrogen-bond acceptors (Lipinski definition) is 4. The van der Waals surface area contributed by atoms with E-state index in [1.54, 1.807) is 22.7 Å². The predicted octanol–water partition coefficient (Wildman–Crippen LogP) is 7.35. The summed E-state index contributed by atoms with van der Waals surface area (Å²) in [7, 11) is 0. The number of hydrogen-bond donors (Lipinski definition) is 0. The molecule has 4 heterocycles. The molecule has 0 atom stereocenters. The minimum Gasteiger partial charge on any atom is -0.255 e. The first-order valence-corrected chi connectivity index (χ1v) is 11.7. The molecule has 4 heteroatoms. The Morgan fingerprint density at radius 2 is 1.09 bits per heavy atom.